The predicted molar refractivity (Wildman–Crippen MR) is 75.3 cm³/mol. The van der Waals surface area contributed by atoms with Crippen LogP contribution in [0.2, 0.25) is 0 Å². The van der Waals surface area contributed by atoms with Crippen molar-refractivity contribution in [1.29, 1.82) is 0 Å². The van der Waals surface area contributed by atoms with E-state index in [4.69, 9.17) is 10.5 Å². The van der Waals surface area contributed by atoms with Crippen LogP contribution in [0.1, 0.15) is 45.2 Å². The Balaban J connectivity index is 2.75. The summed E-state index contributed by atoms with van der Waals surface area (Å²) in [6.07, 6.45) is 5.57. The van der Waals surface area contributed by atoms with Gasteiger partial charge in [-0.2, -0.15) is 0 Å². The Morgan fingerprint density at radius 1 is 1.50 bits per heavy atom. The minimum atomic E-state index is -0.304. The number of nitrogen functional groups attached to an aromatic ring is 1. The van der Waals surface area contributed by atoms with Crippen molar-refractivity contribution in [2.24, 2.45) is 0 Å². The lowest BCUT2D eigenvalue weighted by molar-refractivity contribution is -0.136. The van der Waals surface area contributed by atoms with E-state index in [1.807, 2.05) is 6.08 Å². The second-order valence-electron chi connectivity index (χ2n) is 3.97. The summed E-state index contributed by atoms with van der Waals surface area (Å²) in [5.41, 5.74) is 6.74. The summed E-state index contributed by atoms with van der Waals surface area (Å²) in [7, 11) is 0. The van der Waals surface area contributed by atoms with Gasteiger partial charge in [0.1, 0.15) is 0 Å². The molecule has 0 aromatic carbocycles. The van der Waals surface area contributed by atoms with Gasteiger partial charge >= 0.3 is 5.97 Å². The maximum Gasteiger partial charge on any atom is 0.340 e. The van der Waals surface area contributed by atoms with Crippen molar-refractivity contribution in [2.75, 3.05) is 12.3 Å². The quantitative estimate of drug-likeness (QED) is 0.468. The average molecular weight is 268 g/mol. The van der Waals surface area contributed by atoms with Crippen molar-refractivity contribution in [3.8, 4) is 0 Å². The molecule has 2 N–H and O–H groups in total. The first kappa shape index (κ1) is 14.7. The number of nitrogens with two attached hydrogens (primary N) is 1. The summed E-state index contributed by atoms with van der Waals surface area (Å²) in [5, 5.41) is 2.26. The van der Waals surface area contributed by atoms with E-state index in [0.29, 0.717) is 23.0 Å². The molecule has 0 radical (unpaired) electrons. The number of esters is 1. The van der Waals surface area contributed by atoms with Crippen LogP contribution in [0.3, 0.4) is 0 Å². The highest BCUT2D eigenvalue weighted by Crippen LogP contribution is 2.21. The highest BCUT2D eigenvalue weighted by molar-refractivity contribution is 7.13. The van der Waals surface area contributed by atoms with Crippen LogP contribution in [0.5, 0.6) is 0 Å². The molecule has 1 aromatic heterocycles. The van der Waals surface area contributed by atoms with Gasteiger partial charge in [-0.1, -0.05) is 32.8 Å². The standard InChI is InChI=1S/C13H20N2O2S/c1-3-5-7-10(11-9-18-13(14)15-11)12(16)17-8-6-4-2/h7,9H,3-6,8H2,1-2H3,(H2,14,15)/b10-7-. The van der Waals surface area contributed by atoms with E-state index in [1.165, 1.54) is 11.3 Å². The number of aromatic nitrogens is 1. The number of thiazole rings is 1. The number of ether oxygens (including phenoxy) is 1. The normalized spacial score (nSPS) is 11.6. The number of carbonyl (C=O) groups excluding carboxylic acids is 1. The number of anilines is 1. The molecule has 0 amide bonds. The minimum Gasteiger partial charge on any atom is -0.462 e. The van der Waals surface area contributed by atoms with E-state index in [9.17, 15) is 4.79 Å². The summed E-state index contributed by atoms with van der Waals surface area (Å²) in [5.74, 6) is -0.304. The monoisotopic (exact) mass is 268 g/mol. The number of nitrogens with zero attached hydrogens (tertiary/aromatic N) is 1. The highest BCUT2D eigenvalue weighted by atomic mass is 32.1. The topological polar surface area (TPSA) is 65.2 Å². The summed E-state index contributed by atoms with van der Waals surface area (Å²) < 4.78 is 5.22. The molecular formula is C13H20N2O2S. The zero-order chi connectivity index (χ0) is 13.4. The van der Waals surface area contributed by atoms with Crippen LogP contribution < -0.4 is 5.73 Å². The van der Waals surface area contributed by atoms with Crippen LogP contribution in [-0.4, -0.2) is 17.6 Å². The fourth-order valence-electron chi connectivity index (χ4n) is 1.38. The van der Waals surface area contributed by atoms with Crippen molar-refractivity contribution >= 4 is 28.0 Å². The summed E-state index contributed by atoms with van der Waals surface area (Å²) in [6, 6.07) is 0. The third kappa shape index (κ3) is 4.49. The second-order valence-corrected chi connectivity index (χ2v) is 4.86. The Bertz CT molecular complexity index is 413. The lowest BCUT2D eigenvalue weighted by Gasteiger charge is -2.06. The van der Waals surface area contributed by atoms with Gasteiger partial charge in [0.15, 0.2) is 5.13 Å². The first-order valence-electron chi connectivity index (χ1n) is 6.27. The van der Waals surface area contributed by atoms with Gasteiger partial charge in [0.2, 0.25) is 0 Å². The fraction of sp³-hybridized carbons (Fsp3) is 0.538. The Kier molecular flexibility index (Phi) is 6.43. The van der Waals surface area contributed by atoms with E-state index in [-0.39, 0.29) is 5.97 Å². The second kappa shape index (κ2) is 7.87. The Morgan fingerprint density at radius 2 is 2.28 bits per heavy atom. The van der Waals surface area contributed by atoms with Gasteiger partial charge in [0, 0.05) is 5.38 Å². The van der Waals surface area contributed by atoms with Crippen LogP contribution in [-0.2, 0) is 9.53 Å². The van der Waals surface area contributed by atoms with E-state index in [1.54, 1.807) is 5.38 Å². The number of allylic oxidation sites excluding steroid dienone is 1. The highest BCUT2D eigenvalue weighted by Gasteiger charge is 2.15. The maximum atomic E-state index is 12.0. The zero-order valence-corrected chi connectivity index (χ0v) is 11.8. The molecule has 1 rings (SSSR count). The van der Waals surface area contributed by atoms with E-state index < -0.39 is 0 Å². The lowest BCUT2D eigenvalue weighted by Crippen LogP contribution is -2.09. The van der Waals surface area contributed by atoms with Crippen molar-refractivity contribution in [3.05, 3.63) is 17.2 Å². The van der Waals surface area contributed by atoms with Crippen molar-refractivity contribution in [2.45, 2.75) is 39.5 Å². The minimum absolute atomic E-state index is 0.304. The van der Waals surface area contributed by atoms with Crippen LogP contribution in [0.15, 0.2) is 11.5 Å². The smallest absolute Gasteiger partial charge is 0.340 e. The molecule has 0 fully saturated rings. The molecule has 0 unspecified atom stereocenters. The van der Waals surface area contributed by atoms with Crippen LogP contribution in [0.25, 0.3) is 5.57 Å². The van der Waals surface area contributed by atoms with Crippen molar-refractivity contribution in [1.82, 2.24) is 4.98 Å². The van der Waals surface area contributed by atoms with Gasteiger partial charge in [-0.25, -0.2) is 9.78 Å². The average Bonchev–Trinajstić information content (AvgIpc) is 2.77. The molecule has 4 nitrogen and oxygen atoms in total. The molecule has 0 spiro atoms. The number of carbonyl (C=O) groups is 1. The van der Waals surface area contributed by atoms with Gasteiger partial charge in [0.05, 0.1) is 17.9 Å². The molecule has 100 valence electrons. The molecule has 0 bridgehead atoms. The van der Waals surface area contributed by atoms with E-state index >= 15 is 0 Å². The van der Waals surface area contributed by atoms with Crippen molar-refractivity contribution in [3.63, 3.8) is 0 Å². The summed E-state index contributed by atoms with van der Waals surface area (Å²) in [4.78, 5) is 16.1. The molecule has 0 saturated carbocycles. The largest absolute Gasteiger partial charge is 0.462 e. The molecule has 0 aliphatic heterocycles. The van der Waals surface area contributed by atoms with Gasteiger partial charge < -0.3 is 10.5 Å². The van der Waals surface area contributed by atoms with Gasteiger partial charge in [-0.15, -0.1) is 11.3 Å². The van der Waals surface area contributed by atoms with Gasteiger partial charge in [-0.3, -0.25) is 0 Å². The van der Waals surface area contributed by atoms with Gasteiger partial charge in [-0.05, 0) is 12.8 Å². The molecule has 0 atom stereocenters. The molecule has 1 aromatic rings. The fourth-order valence-corrected chi connectivity index (χ4v) is 1.94. The predicted octanol–water partition coefficient (Wildman–Crippen LogP) is 3.25. The molecule has 0 aliphatic rings. The third-order valence-electron chi connectivity index (χ3n) is 2.39. The SMILES string of the molecule is CCC/C=C(\C(=O)OCCCC)c1csc(N)n1. The first-order chi connectivity index (χ1) is 8.69. The molecule has 1 heterocycles. The van der Waals surface area contributed by atoms with Crippen molar-refractivity contribution < 1.29 is 9.53 Å². The number of unbranched alkanes of at least 4 members (excludes halogenated alkanes) is 2. The van der Waals surface area contributed by atoms with Crippen LogP contribution >= 0.6 is 11.3 Å². The maximum absolute atomic E-state index is 12.0. The molecule has 18 heavy (non-hydrogen) atoms. The molecular weight excluding hydrogens is 248 g/mol. The first-order valence-corrected chi connectivity index (χ1v) is 7.15. The van der Waals surface area contributed by atoms with E-state index in [0.717, 1.165) is 25.7 Å². The molecule has 5 heteroatoms. The zero-order valence-electron chi connectivity index (χ0n) is 10.9. The lowest BCUT2D eigenvalue weighted by atomic mass is 10.1. The van der Waals surface area contributed by atoms with Gasteiger partial charge in [0.25, 0.3) is 0 Å². The van der Waals surface area contributed by atoms with Crippen LogP contribution in [0, 0.1) is 0 Å². The Labute approximate surface area is 112 Å². The summed E-state index contributed by atoms with van der Waals surface area (Å²) >= 11 is 1.33. The van der Waals surface area contributed by atoms with Crippen LogP contribution in [0.4, 0.5) is 5.13 Å². The van der Waals surface area contributed by atoms with E-state index in [2.05, 4.69) is 18.8 Å². The number of hydrogen-bond acceptors (Lipinski definition) is 5. The molecule has 0 aliphatic carbocycles. The number of hydrogen-bond donors (Lipinski definition) is 1. The molecule has 0 saturated heterocycles. The Hall–Kier alpha value is -1.36. The summed E-state index contributed by atoms with van der Waals surface area (Å²) in [6.45, 7) is 4.58. The number of rotatable bonds is 7. The Morgan fingerprint density at radius 3 is 2.83 bits per heavy atom. The third-order valence-corrected chi connectivity index (χ3v) is 3.06.